The fraction of sp³-hybridized carbons (Fsp3) is 0.474. The van der Waals surface area contributed by atoms with Crippen LogP contribution in [0.1, 0.15) is 42.0 Å². The van der Waals surface area contributed by atoms with Gasteiger partial charge in [-0.1, -0.05) is 23.4 Å². The normalized spacial score (nSPS) is 20.1. The number of hydrogen-bond acceptors (Lipinski definition) is 6. The Morgan fingerprint density at radius 1 is 1.37 bits per heavy atom. The van der Waals surface area contributed by atoms with Crippen molar-refractivity contribution in [2.75, 3.05) is 26.2 Å². The lowest BCUT2D eigenvalue weighted by Crippen LogP contribution is -2.50. The molecule has 8 nitrogen and oxygen atoms in total. The predicted molar refractivity (Wildman–Crippen MR) is 95.3 cm³/mol. The van der Waals surface area contributed by atoms with Gasteiger partial charge in [0.1, 0.15) is 11.7 Å². The highest BCUT2D eigenvalue weighted by atomic mass is 16.5. The van der Waals surface area contributed by atoms with E-state index >= 15 is 0 Å². The minimum atomic E-state index is -0.337. The fourth-order valence-electron chi connectivity index (χ4n) is 3.36. The highest BCUT2D eigenvalue weighted by molar-refractivity contribution is 5.83. The summed E-state index contributed by atoms with van der Waals surface area (Å²) >= 11 is 0. The topological polar surface area (TPSA) is 97.6 Å². The Kier molecular flexibility index (Phi) is 4.79. The number of rotatable bonds is 5. The quantitative estimate of drug-likeness (QED) is 0.854. The second kappa shape index (κ2) is 7.38. The molecule has 27 heavy (non-hydrogen) atoms. The van der Waals surface area contributed by atoms with Crippen molar-refractivity contribution >= 4 is 11.8 Å². The maximum absolute atomic E-state index is 12.3. The average molecular weight is 370 g/mol. The number of likely N-dealkylation sites (tertiary alicyclic amines) is 1. The van der Waals surface area contributed by atoms with Gasteiger partial charge in [0, 0.05) is 19.6 Å². The second-order valence-corrected chi connectivity index (χ2v) is 7.03. The van der Waals surface area contributed by atoms with E-state index in [4.69, 9.17) is 9.26 Å². The lowest BCUT2D eigenvalue weighted by molar-refractivity contribution is -0.138. The highest BCUT2D eigenvalue weighted by Crippen LogP contribution is 2.29. The molecule has 142 valence electrons. The zero-order chi connectivity index (χ0) is 18.8. The first-order chi connectivity index (χ1) is 13.1. The Labute approximate surface area is 156 Å². The van der Waals surface area contributed by atoms with E-state index in [1.165, 1.54) is 0 Å². The van der Waals surface area contributed by atoms with Crippen LogP contribution in [-0.4, -0.2) is 53.1 Å². The number of aromatic nitrogens is 2. The van der Waals surface area contributed by atoms with Crippen LogP contribution in [0.2, 0.25) is 0 Å². The summed E-state index contributed by atoms with van der Waals surface area (Å²) < 4.78 is 10.9. The maximum Gasteiger partial charge on any atom is 0.260 e. The molecule has 4 rings (SSSR count). The highest BCUT2D eigenvalue weighted by Gasteiger charge is 2.37. The molecule has 0 radical (unpaired) electrons. The lowest BCUT2D eigenvalue weighted by Gasteiger charge is -2.36. The second-order valence-electron chi connectivity index (χ2n) is 7.03. The summed E-state index contributed by atoms with van der Waals surface area (Å²) in [5.74, 6) is 1.21. The van der Waals surface area contributed by atoms with Crippen molar-refractivity contribution in [1.29, 1.82) is 0 Å². The van der Waals surface area contributed by atoms with Gasteiger partial charge in [-0.05, 0) is 31.4 Å². The number of carbonyl (C=O) groups excluding carboxylic acids is 2. The summed E-state index contributed by atoms with van der Waals surface area (Å²) in [5.41, 5.74) is 0.997. The fourth-order valence-corrected chi connectivity index (χ4v) is 3.36. The first-order valence-corrected chi connectivity index (χ1v) is 9.19. The van der Waals surface area contributed by atoms with Crippen molar-refractivity contribution in [3.05, 3.63) is 41.5 Å². The summed E-state index contributed by atoms with van der Waals surface area (Å²) in [6, 6.07) is 7.61. The molecule has 1 aromatic carbocycles. The van der Waals surface area contributed by atoms with Crippen LogP contribution in [0.4, 0.5) is 0 Å². The number of carbonyl (C=O) groups is 2. The molecular formula is C19H22N4O4. The first-order valence-electron chi connectivity index (χ1n) is 9.19. The Bertz CT molecular complexity index is 844. The molecule has 8 heteroatoms. The summed E-state index contributed by atoms with van der Waals surface area (Å²) in [7, 11) is 0. The molecule has 0 aliphatic carbocycles. The molecular weight excluding hydrogens is 348 g/mol. The van der Waals surface area contributed by atoms with Crippen LogP contribution in [-0.2, 0) is 9.59 Å². The molecule has 2 saturated heterocycles. The molecule has 1 N–H and O–H groups in total. The van der Waals surface area contributed by atoms with E-state index in [1.807, 2.05) is 31.2 Å². The standard InChI is InChI=1S/C19H22N4O4/c1-12-5-2-3-7-15(12)26-11-16(24)23-9-13(10-23)19-21-17(22-27-19)14-6-4-8-20-18(14)25/h2-3,5,7,13-14H,4,6,8-11H2,1H3,(H,20,25). The predicted octanol–water partition coefficient (Wildman–Crippen LogP) is 1.38. The molecule has 1 aromatic heterocycles. The number of nitrogens with zero attached hydrogens (tertiary/aromatic N) is 3. The number of nitrogens with one attached hydrogen (secondary N) is 1. The number of hydrogen-bond donors (Lipinski definition) is 1. The number of ether oxygens (including phenoxy) is 1. The Balaban J connectivity index is 1.28. The Hall–Kier alpha value is -2.90. The van der Waals surface area contributed by atoms with Crippen molar-refractivity contribution < 1.29 is 18.8 Å². The first kappa shape index (κ1) is 17.5. The van der Waals surface area contributed by atoms with Crippen LogP contribution in [0, 0.1) is 6.92 Å². The smallest absolute Gasteiger partial charge is 0.260 e. The van der Waals surface area contributed by atoms with Crippen molar-refractivity contribution in [1.82, 2.24) is 20.4 Å². The van der Waals surface area contributed by atoms with Crippen LogP contribution in [0.5, 0.6) is 5.75 Å². The van der Waals surface area contributed by atoms with E-state index in [1.54, 1.807) is 4.90 Å². The van der Waals surface area contributed by atoms with Crippen molar-refractivity contribution in [2.45, 2.75) is 31.6 Å². The van der Waals surface area contributed by atoms with Crippen LogP contribution in [0.25, 0.3) is 0 Å². The van der Waals surface area contributed by atoms with E-state index in [-0.39, 0.29) is 30.3 Å². The van der Waals surface area contributed by atoms with Crippen molar-refractivity contribution in [3.8, 4) is 5.75 Å². The molecule has 2 aliphatic heterocycles. The third kappa shape index (κ3) is 3.65. The van der Waals surface area contributed by atoms with Gasteiger partial charge in [-0.25, -0.2) is 0 Å². The molecule has 2 aromatic rings. The Morgan fingerprint density at radius 2 is 2.19 bits per heavy atom. The molecule has 0 spiro atoms. The molecule has 1 unspecified atom stereocenters. The molecule has 2 fully saturated rings. The van der Waals surface area contributed by atoms with Crippen molar-refractivity contribution in [3.63, 3.8) is 0 Å². The SMILES string of the molecule is Cc1ccccc1OCC(=O)N1CC(c2nc(C3CCCNC3=O)no2)C1. The minimum Gasteiger partial charge on any atom is -0.484 e. The van der Waals surface area contributed by atoms with Crippen LogP contribution in [0.15, 0.2) is 28.8 Å². The van der Waals surface area contributed by atoms with Gasteiger partial charge in [0.2, 0.25) is 11.8 Å². The van der Waals surface area contributed by atoms with Gasteiger partial charge >= 0.3 is 0 Å². The van der Waals surface area contributed by atoms with E-state index in [9.17, 15) is 9.59 Å². The van der Waals surface area contributed by atoms with E-state index < -0.39 is 0 Å². The van der Waals surface area contributed by atoms with Crippen LogP contribution in [0.3, 0.4) is 0 Å². The third-order valence-electron chi connectivity index (χ3n) is 5.08. The van der Waals surface area contributed by atoms with Gasteiger partial charge in [-0.3, -0.25) is 9.59 Å². The minimum absolute atomic E-state index is 0.00883. The molecule has 0 saturated carbocycles. The monoisotopic (exact) mass is 370 g/mol. The Morgan fingerprint density at radius 3 is 2.96 bits per heavy atom. The summed E-state index contributed by atoms with van der Waals surface area (Å²) in [4.78, 5) is 30.3. The molecule has 1 atom stereocenters. The number of aryl methyl sites for hydroxylation is 1. The van der Waals surface area contributed by atoms with Gasteiger partial charge in [0.25, 0.3) is 5.91 Å². The van der Waals surface area contributed by atoms with E-state index in [2.05, 4.69) is 15.5 Å². The molecule has 2 aliphatic rings. The van der Waals surface area contributed by atoms with Gasteiger partial charge in [-0.15, -0.1) is 0 Å². The third-order valence-corrected chi connectivity index (χ3v) is 5.08. The van der Waals surface area contributed by atoms with E-state index in [0.29, 0.717) is 31.3 Å². The van der Waals surface area contributed by atoms with Gasteiger partial charge in [0.05, 0.1) is 5.92 Å². The summed E-state index contributed by atoms with van der Waals surface area (Å²) in [5, 5.41) is 6.80. The number of para-hydroxylation sites is 1. The van der Waals surface area contributed by atoms with Crippen LogP contribution >= 0.6 is 0 Å². The lowest BCUT2D eigenvalue weighted by atomic mass is 9.97. The number of benzene rings is 1. The maximum atomic E-state index is 12.3. The van der Waals surface area contributed by atoms with Gasteiger partial charge in [-0.2, -0.15) is 4.98 Å². The van der Waals surface area contributed by atoms with Crippen LogP contribution < -0.4 is 10.1 Å². The zero-order valence-corrected chi connectivity index (χ0v) is 15.2. The molecule has 2 amide bonds. The van der Waals surface area contributed by atoms with Gasteiger partial charge in [0.15, 0.2) is 12.4 Å². The largest absolute Gasteiger partial charge is 0.484 e. The number of amides is 2. The van der Waals surface area contributed by atoms with E-state index in [0.717, 1.165) is 24.2 Å². The summed E-state index contributed by atoms with van der Waals surface area (Å²) in [6.45, 7) is 3.70. The van der Waals surface area contributed by atoms with Crippen molar-refractivity contribution in [2.24, 2.45) is 0 Å². The number of piperidine rings is 1. The van der Waals surface area contributed by atoms with Gasteiger partial charge < -0.3 is 19.5 Å². The molecule has 0 bridgehead atoms. The molecule has 3 heterocycles. The zero-order valence-electron chi connectivity index (χ0n) is 15.2. The summed E-state index contributed by atoms with van der Waals surface area (Å²) in [6.07, 6.45) is 1.64. The average Bonchev–Trinajstić information content (AvgIpc) is 3.09.